The maximum Gasteiger partial charge on any atom is 0.315 e. The van der Waals surface area contributed by atoms with Crippen molar-refractivity contribution in [1.29, 1.82) is 0 Å². The molecule has 10 heteroatoms. The highest BCUT2D eigenvalue weighted by molar-refractivity contribution is 5.86. The summed E-state index contributed by atoms with van der Waals surface area (Å²) in [5, 5.41) is 24.7. The lowest BCUT2D eigenvalue weighted by atomic mass is 9.81. The summed E-state index contributed by atoms with van der Waals surface area (Å²) in [5.41, 5.74) is 0. The summed E-state index contributed by atoms with van der Waals surface area (Å²) in [5.74, 6) is -0.122. The number of carbonyl (C=O) groups excluding carboxylic acids is 3. The molecule has 6 N–H and O–H groups in total. The van der Waals surface area contributed by atoms with Gasteiger partial charge in [0.1, 0.15) is 0 Å². The van der Waals surface area contributed by atoms with E-state index in [1.54, 1.807) is 0 Å². The second kappa shape index (κ2) is 12.9. The predicted octanol–water partition coefficient (Wildman–Crippen LogP) is 2.03. The molecule has 1 aliphatic heterocycles. The van der Waals surface area contributed by atoms with Crippen LogP contribution in [0.2, 0.25) is 0 Å². The van der Waals surface area contributed by atoms with Crippen LogP contribution in [-0.2, 0) is 14.4 Å². The number of carbonyl (C=O) groups is 4. The topological polar surface area (TPSA) is 149 Å². The summed E-state index contributed by atoms with van der Waals surface area (Å²) in [6.07, 6.45) is 11.1. The van der Waals surface area contributed by atoms with E-state index in [9.17, 15) is 19.2 Å². The van der Waals surface area contributed by atoms with Crippen molar-refractivity contribution >= 4 is 23.8 Å². The van der Waals surface area contributed by atoms with Crippen molar-refractivity contribution in [3.63, 3.8) is 0 Å². The minimum Gasteiger partial charge on any atom is -0.481 e. The molecule has 0 aromatic heterocycles. The number of hydrogen-bond donors (Lipinski definition) is 6. The Morgan fingerprint density at radius 2 is 1.62 bits per heavy atom. The Hall–Kier alpha value is -2.36. The molecule has 0 radical (unpaired) electrons. The van der Waals surface area contributed by atoms with Gasteiger partial charge in [-0.1, -0.05) is 19.8 Å². The van der Waals surface area contributed by atoms with E-state index < -0.39 is 12.0 Å². The molecule has 1 saturated heterocycles. The van der Waals surface area contributed by atoms with Crippen LogP contribution < -0.4 is 26.6 Å². The van der Waals surface area contributed by atoms with Gasteiger partial charge < -0.3 is 31.7 Å². The molecule has 4 fully saturated rings. The lowest BCUT2D eigenvalue weighted by molar-refractivity contribution is -0.139. The number of aliphatic carboxylic acids is 1. The Balaban J connectivity index is 1.14. The molecule has 4 aliphatic rings. The minimum atomic E-state index is -0.991. The second-order valence-electron chi connectivity index (χ2n) is 11.9. The zero-order valence-electron chi connectivity index (χ0n) is 22.1. The highest BCUT2D eigenvalue weighted by Crippen LogP contribution is 2.29. The van der Waals surface area contributed by atoms with E-state index in [4.69, 9.17) is 5.11 Å². The lowest BCUT2D eigenvalue weighted by Gasteiger charge is -2.36. The minimum absolute atomic E-state index is 0.0472. The predicted molar refractivity (Wildman–Crippen MR) is 139 cm³/mol. The van der Waals surface area contributed by atoms with Gasteiger partial charge in [-0.25, -0.2) is 4.79 Å². The van der Waals surface area contributed by atoms with Crippen molar-refractivity contribution in [1.82, 2.24) is 26.6 Å². The number of fused-ring (bicyclic) bond motifs is 1. The normalized spacial score (nSPS) is 36.3. The first-order chi connectivity index (χ1) is 17.8. The van der Waals surface area contributed by atoms with Crippen LogP contribution in [0.1, 0.15) is 90.4 Å². The molecule has 10 nitrogen and oxygen atoms in total. The van der Waals surface area contributed by atoms with Crippen molar-refractivity contribution in [2.24, 2.45) is 17.8 Å². The van der Waals surface area contributed by atoms with Gasteiger partial charge >= 0.3 is 12.0 Å². The molecule has 6 atom stereocenters. The van der Waals surface area contributed by atoms with Crippen LogP contribution in [0.4, 0.5) is 4.79 Å². The van der Waals surface area contributed by atoms with Gasteiger partial charge in [0.2, 0.25) is 11.8 Å². The van der Waals surface area contributed by atoms with Gasteiger partial charge in [-0.3, -0.25) is 14.4 Å². The van der Waals surface area contributed by atoms with Crippen LogP contribution in [0.25, 0.3) is 0 Å². The van der Waals surface area contributed by atoms with Crippen LogP contribution in [0, 0.1) is 17.8 Å². The zero-order valence-corrected chi connectivity index (χ0v) is 22.1. The Kier molecular flexibility index (Phi) is 9.67. The molecular weight excluding hydrogens is 474 g/mol. The van der Waals surface area contributed by atoms with Gasteiger partial charge in [0.15, 0.2) is 0 Å². The number of rotatable bonds is 7. The Bertz CT molecular complexity index is 830. The molecule has 0 aromatic carbocycles. The highest BCUT2D eigenvalue weighted by atomic mass is 16.4. The van der Waals surface area contributed by atoms with Gasteiger partial charge in [0.05, 0.1) is 12.5 Å². The van der Waals surface area contributed by atoms with Gasteiger partial charge in [-0.15, -0.1) is 0 Å². The number of nitrogens with one attached hydrogen (secondary N) is 5. The van der Waals surface area contributed by atoms with Crippen molar-refractivity contribution in [3.8, 4) is 0 Å². The van der Waals surface area contributed by atoms with E-state index >= 15 is 0 Å². The average molecular weight is 520 g/mol. The molecule has 1 heterocycles. The van der Waals surface area contributed by atoms with E-state index in [1.807, 2.05) is 0 Å². The largest absolute Gasteiger partial charge is 0.481 e. The standard InChI is InChI=1S/C27H45N5O5/c1-16-4-2-3-5-21(16)32-27(37)30-19-8-6-17(7-9-19)12-24(33)29-20-10-11-22-18(13-20)15-28-26(36)23(31-22)14-25(34)35/h16-23,31H,2-15H2,1H3,(H,28,36)(H,29,33)(H,34,35)(H2,30,32,37). The number of amides is 4. The Labute approximate surface area is 219 Å². The Morgan fingerprint density at radius 1 is 0.892 bits per heavy atom. The molecule has 0 aromatic rings. The molecule has 4 amide bonds. The van der Waals surface area contributed by atoms with E-state index in [0.29, 0.717) is 24.8 Å². The molecule has 3 saturated carbocycles. The van der Waals surface area contributed by atoms with E-state index in [1.165, 1.54) is 19.3 Å². The molecule has 208 valence electrons. The van der Waals surface area contributed by atoms with Crippen LogP contribution in [0.3, 0.4) is 0 Å². The number of urea groups is 1. The fourth-order valence-corrected chi connectivity index (χ4v) is 6.84. The summed E-state index contributed by atoms with van der Waals surface area (Å²) in [4.78, 5) is 48.6. The van der Waals surface area contributed by atoms with Gasteiger partial charge in [-0.2, -0.15) is 0 Å². The maximum atomic E-state index is 12.8. The molecule has 37 heavy (non-hydrogen) atoms. The van der Waals surface area contributed by atoms with E-state index in [2.05, 4.69) is 33.5 Å². The third-order valence-corrected chi connectivity index (χ3v) is 9.08. The number of carboxylic acids is 1. The van der Waals surface area contributed by atoms with E-state index in [0.717, 1.165) is 51.4 Å². The Morgan fingerprint density at radius 3 is 2.35 bits per heavy atom. The zero-order chi connectivity index (χ0) is 26.4. The molecule has 0 bridgehead atoms. The first kappa shape index (κ1) is 27.7. The average Bonchev–Trinajstić information content (AvgIpc) is 3.00. The van der Waals surface area contributed by atoms with Gasteiger partial charge in [0, 0.05) is 37.1 Å². The first-order valence-corrected chi connectivity index (χ1v) is 14.4. The molecule has 6 unspecified atom stereocenters. The van der Waals surface area contributed by atoms with Crippen molar-refractivity contribution < 1.29 is 24.3 Å². The third-order valence-electron chi connectivity index (χ3n) is 9.08. The fourth-order valence-electron chi connectivity index (χ4n) is 6.84. The number of hydrogen-bond acceptors (Lipinski definition) is 5. The highest BCUT2D eigenvalue weighted by Gasteiger charge is 2.37. The molecule has 0 spiro atoms. The molecule has 4 rings (SSSR count). The maximum absolute atomic E-state index is 12.8. The second-order valence-corrected chi connectivity index (χ2v) is 11.9. The van der Waals surface area contributed by atoms with Crippen molar-refractivity contribution in [2.75, 3.05) is 6.54 Å². The summed E-state index contributed by atoms with van der Waals surface area (Å²) >= 11 is 0. The van der Waals surface area contributed by atoms with Crippen molar-refractivity contribution in [2.45, 2.75) is 121 Å². The lowest BCUT2D eigenvalue weighted by Crippen LogP contribution is -2.51. The third kappa shape index (κ3) is 8.06. The quantitative estimate of drug-likeness (QED) is 0.303. The summed E-state index contributed by atoms with van der Waals surface area (Å²) in [7, 11) is 0. The van der Waals surface area contributed by atoms with Crippen LogP contribution >= 0.6 is 0 Å². The van der Waals surface area contributed by atoms with Gasteiger partial charge in [0.25, 0.3) is 0 Å². The monoisotopic (exact) mass is 519 g/mol. The SMILES string of the molecule is CC1CCCCC1NC(=O)NC1CCC(CC(=O)NC2CCC3NC(CC(=O)O)C(=O)NCC3C2)CC1. The molecular formula is C27H45N5O5. The number of carboxylic acid groups (broad SMARTS) is 1. The van der Waals surface area contributed by atoms with Crippen LogP contribution in [0.15, 0.2) is 0 Å². The van der Waals surface area contributed by atoms with Crippen LogP contribution in [0.5, 0.6) is 0 Å². The molecule has 3 aliphatic carbocycles. The van der Waals surface area contributed by atoms with E-state index in [-0.39, 0.29) is 54.4 Å². The van der Waals surface area contributed by atoms with Gasteiger partial charge in [-0.05, 0) is 75.5 Å². The summed E-state index contributed by atoms with van der Waals surface area (Å²) in [6, 6.07) is -0.138. The summed E-state index contributed by atoms with van der Waals surface area (Å²) < 4.78 is 0. The smallest absolute Gasteiger partial charge is 0.315 e. The summed E-state index contributed by atoms with van der Waals surface area (Å²) in [6.45, 7) is 2.72. The first-order valence-electron chi connectivity index (χ1n) is 14.4. The van der Waals surface area contributed by atoms with Crippen molar-refractivity contribution in [3.05, 3.63) is 0 Å². The van der Waals surface area contributed by atoms with Crippen LogP contribution in [-0.4, -0.2) is 65.7 Å². The fraction of sp³-hybridized carbons (Fsp3) is 0.852.